The number of aromatic nitrogens is 2. The third-order valence-electron chi connectivity index (χ3n) is 2.17. The van der Waals surface area contributed by atoms with Crippen LogP contribution in [0.5, 0.6) is 0 Å². The van der Waals surface area contributed by atoms with E-state index in [0.29, 0.717) is 11.0 Å². The van der Waals surface area contributed by atoms with Crippen LogP contribution in [-0.4, -0.2) is 9.97 Å². The summed E-state index contributed by atoms with van der Waals surface area (Å²) in [6, 6.07) is 7.52. The first-order valence-corrected chi connectivity index (χ1v) is 6.05. The maximum atomic E-state index is 5.80. The van der Waals surface area contributed by atoms with Gasteiger partial charge in [0, 0.05) is 10.5 Å². The average molecular weight is 314 g/mol. The summed E-state index contributed by atoms with van der Waals surface area (Å²) in [5.41, 5.74) is 7.55. The quantitative estimate of drug-likeness (QED) is 0.833. The largest absolute Gasteiger partial charge is 0.368 e. The fourth-order valence-electron chi connectivity index (χ4n) is 1.38. The zero-order valence-corrected chi connectivity index (χ0v) is 11.4. The number of nitrogen functional groups attached to an aromatic ring is 1. The zero-order valence-electron chi connectivity index (χ0n) is 9.04. The van der Waals surface area contributed by atoms with E-state index in [-0.39, 0.29) is 5.95 Å². The van der Waals surface area contributed by atoms with Crippen LogP contribution in [0.4, 0.5) is 17.5 Å². The van der Waals surface area contributed by atoms with Crippen molar-refractivity contribution < 1.29 is 0 Å². The molecule has 0 aliphatic heterocycles. The summed E-state index contributed by atoms with van der Waals surface area (Å²) in [5.74, 6) is 0.706. The van der Waals surface area contributed by atoms with Gasteiger partial charge in [-0.25, -0.2) is 4.98 Å². The van der Waals surface area contributed by atoms with Crippen molar-refractivity contribution in [3.63, 3.8) is 0 Å². The predicted octanol–water partition coefficient (Wildman–Crippen LogP) is 3.53. The first-order chi connectivity index (χ1) is 8.06. The van der Waals surface area contributed by atoms with Crippen LogP contribution in [0.3, 0.4) is 0 Å². The summed E-state index contributed by atoms with van der Waals surface area (Å²) in [5, 5.41) is 3.44. The number of nitrogens with two attached hydrogens (primary N) is 1. The lowest BCUT2D eigenvalue weighted by molar-refractivity contribution is 1.18. The highest BCUT2D eigenvalue weighted by atomic mass is 79.9. The third kappa shape index (κ3) is 2.87. The van der Waals surface area contributed by atoms with Crippen molar-refractivity contribution in [2.24, 2.45) is 0 Å². The summed E-state index contributed by atoms with van der Waals surface area (Å²) >= 11 is 9.31. The van der Waals surface area contributed by atoms with Gasteiger partial charge in [-0.05, 0) is 34.5 Å². The van der Waals surface area contributed by atoms with E-state index in [0.717, 1.165) is 15.7 Å². The van der Waals surface area contributed by atoms with Gasteiger partial charge >= 0.3 is 0 Å². The molecule has 2 aromatic rings. The number of rotatable bonds is 2. The Bertz CT molecular complexity index is 539. The van der Waals surface area contributed by atoms with Crippen molar-refractivity contribution in [2.75, 3.05) is 11.1 Å². The van der Waals surface area contributed by atoms with Crippen LogP contribution >= 0.6 is 27.5 Å². The molecule has 2 rings (SSSR count). The van der Waals surface area contributed by atoms with Gasteiger partial charge in [0.15, 0.2) is 0 Å². The van der Waals surface area contributed by atoms with E-state index in [9.17, 15) is 0 Å². The molecule has 0 radical (unpaired) electrons. The minimum absolute atomic E-state index is 0.142. The van der Waals surface area contributed by atoms with Gasteiger partial charge in [-0.1, -0.05) is 23.7 Å². The molecule has 0 bridgehead atoms. The first kappa shape index (κ1) is 12.1. The minimum Gasteiger partial charge on any atom is -0.368 e. The number of halogens is 2. The molecule has 1 aromatic carbocycles. The molecule has 0 saturated carbocycles. The van der Waals surface area contributed by atoms with E-state index in [2.05, 4.69) is 31.2 Å². The molecule has 0 atom stereocenters. The summed E-state index contributed by atoms with van der Waals surface area (Å²) in [7, 11) is 0. The van der Waals surface area contributed by atoms with Crippen LogP contribution in [0, 0.1) is 6.92 Å². The molecule has 0 saturated heterocycles. The van der Waals surface area contributed by atoms with E-state index < -0.39 is 0 Å². The van der Waals surface area contributed by atoms with Crippen molar-refractivity contribution in [1.82, 2.24) is 9.97 Å². The maximum absolute atomic E-state index is 5.80. The van der Waals surface area contributed by atoms with Crippen molar-refractivity contribution in [1.29, 1.82) is 0 Å². The Kier molecular flexibility index (Phi) is 3.49. The molecule has 1 heterocycles. The summed E-state index contributed by atoms with van der Waals surface area (Å²) in [6.45, 7) is 2.01. The van der Waals surface area contributed by atoms with Crippen molar-refractivity contribution in [2.45, 2.75) is 6.92 Å². The Morgan fingerprint density at radius 1 is 1.35 bits per heavy atom. The highest BCUT2D eigenvalue weighted by molar-refractivity contribution is 9.10. The number of nitrogens with one attached hydrogen (secondary N) is 1. The Balaban J connectivity index is 2.34. The van der Waals surface area contributed by atoms with Crippen LogP contribution in [0.2, 0.25) is 5.15 Å². The summed E-state index contributed by atoms with van der Waals surface area (Å²) in [6.07, 6.45) is 0. The van der Waals surface area contributed by atoms with Crippen LogP contribution < -0.4 is 11.1 Å². The third-order valence-corrected chi connectivity index (χ3v) is 3.41. The molecule has 4 nitrogen and oxygen atoms in total. The number of anilines is 3. The summed E-state index contributed by atoms with van der Waals surface area (Å²) < 4.78 is 0.980. The lowest BCUT2D eigenvalue weighted by Gasteiger charge is -2.09. The maximum Gasteiger partial charge on any atom is 0.223 e. The van der Waals surface area contributed by atoms with Gasteiger partial charge in [-0.2, -0.15) is 4.98 Å². The van der Waals surface area contributed by atoms with E-state index in [1.165, 1.54) is 0 Å². The second kappa shape index (κ2) is 4.89. The first-order valence-electron chi connectivity index (χ1n) is 4.88. The zero-order chi connectivity index (χ0) is 12.4. The molecule has 0 spiro atoms. The van der Waals surface area contributed by atoms with Crippen LogP contribution in [0.1, 0.15) is 5.56 Å². The number of hydrogen-bond donors (Lipinski definition) is 2. The van der Waals surface area contributed by atoms with E-state index in [1.807, 2.05) is 25.1 Å². The Morgan fingerprint density at radius 3 is 2.82 bits per heavy atom. The Hall–Kier alpha value is -1.33. The number of benzene rings is 1. The van der Waals surface area contributed by atoms with E-state index in [1.54, 1.807) is 6.07 Å². The molecule has 3 N–H and O–H groups in total. The molecule has 0 fully saturated rings. The van der Waals surface area contributed by atoms with Gasteiger partial charge in [0.1, 0.15) is 11.0 Å². The smallest absolute Gasteiger partial charge is 0.223 e. The molecule has 0 aliphatic rings. The number of nitrogens with zero attached hydrogens (tertiary/aromatic N) is 2. The highest BCUT2D eigenvalue weighted by Crippen LogP contribution is 2.28. The second-order valence-electron chi connectivity index (χ2n) is 3.50. The lowest BCUT2D eigenvalue weighted by Crippen LogP contribution is -2.00. The van der Waals surface area contributed by atoms with Gasteiger partial charge in [0.05, 0.1) is 5.69 Å². The van der Waals surface area contributed by atoms with Crippen molar-refractivity contribution in [3.8, 4) is 0 Å². The Morgan fingerprint density at radius 2 is 2.12 bits per heavy atom. The number of aryl methyl sites for hydroxylation is 1. The van der Waals surface area contributed by atoms with Crippen LogP contribution in [0.15, 0.2) is 28.7 Å². The second-order valence-corrected chi connectivity index (χ2v) is 4.68. The molecule has 88 valence electrons. The molecule has 6 heteroatoms. The van der Waals surface area contributed by atoms with E-state index >= 15 is 0 Å². The van der Waals surface area contributed by atoms with Crippen molar-refractivity contribution >= 4 is 45.0 Å². The predicted molar refractivity (Wildman–Crippen MR) is 73.6 cm³/mol. The standard InChI is InChI=1S/C11H10BrClN4/c1-6-3-2-4-7(10(6)12)15-9-5-8(13)16-11(14)17-9/h2-5H,1H3,(H3,14,15,16,17). The molecule has 17 heavy (non-hydrogen) atoms. The lowest BCUT2D eigenvalue weighted by atomic mass is 10.2. The van der Waals surface area contributed by atoms with Gasteiger partial charge < -0.3 is 11.1 Å². The Labute approximate surface area is 112 Å². The molecular weight excluding hydrogens is 304 g/mol. The van der Waals surface area contributed by atoms with E-state index in [4.69, 9.17) is 17.3 Å². The molecule has 0 amide bonds. The highest BCUT2D eigenvalue weighted by Gasteiger charge is 2.05. The summed E-state index contributed by atoms with van der Waals surface area (Å²) in [4.78, 5) is 7.85. The van der Waals surface area contributed by atoms with Crippen molar-refractivity contribution in [3.05, 3.63) is 39.5 Å². The fourth-order valence-corrected chi connectivity index (χ4v) is 1.93. The van der Waals surface area contributed by atoms with Gasteiger partial charge in [-0.3, -0.25) is 0 Å². The molecular formula is C11H10BrClN4. The van der Waals surface area contributed by atoms with Crippen LogP contribution in [-0.2, 0) is 0 Å². The van der Waals surface area contributed by atoms with Gasteiger partial charge in [-0.15, -0.1) is 0 Å². The van der Waals surface area contributed by atoms with Gasteiger partial charge in [0.25, 0.3) is 0 Å². The van der Waals surface area contributed by atoms with Crippen LogP contribution in [0.25, 0.3) is 0 Å². The molecule has 1 aromatic heterocycles. The molecule has 0 unspecified atom stereocenters. The minimum atomic E-state index is 0.142. The number of hydrogen-bond acceptors (Lipinski definition) is 4. The average Bonchev–Trinajstić information content (AvgIpc) is 2.23. The SMILES string of the molecule is Cc1cccc(Nc2cc(Cl)nc(N)n2)c1Br. The normalized spacial score (nSPS) is 10.3. The monoisotopic (exact) mass is 312 g/mol. The fraction of sp³-hybridized carbons (Fsp3) is 0.0909. The van der Waals surface area contributed by atoms with Gasteiger partial charge in [0.2, 0.25) is 5.95 Å². The topological polar surface area (TPSA) is 63.8 Å². The molecule has 0 aliphatic carbocycles.